The smallest absolute Gasteiger partial charge is 0.390 e. The predicted octanol–water partition coefficient (Wildman–Crippen LogP) is 6.13. The van der Waals surface area contributed by atoms with Crippen LogP contribution < -0.4 is 11.2 Å². The van der Waals surface area contributed by atoms with E-state index in [1.807, 2.05) is 4.98 Å². The molecule has 0 aromatic carbocycles. The number of aliphatic hydroxyl groups is 1. The second-order valence-electron chi connectivity index (χ2n) is 12.3. The van der Waals surface area contributed by atoms with Crippen molar-refractivity contribution in [1.29, 1.82) is 0 Å². The zero-order chi connectivity index (χ0) is 31.6. The number of hydrogen-bond acceptors (Lipinski definition) is 8. The van der Waals surface area contributed by atoms with E-state index in [0.717, 1.165) is 23.3 Å². The molecule has 0 radical (unpaired) electrons. The first-order valence-electron chi connectivity index (χ1n) is 16.8. The minimum atomic E-state index is -4.43. The van der Waals surface area contributed by atoms with Gasteiger partial charge in [-0.05, 0) is 12.3 Å². The summed E-state index contributed by atoms with van der Waals surface area (Å²) in [6.07, 6.45) is 21.4. The highest BCUT2D eigenvalue weighted by Crippen LogP contribution is 2.44. The van der Waals surface area contributed by atoms with Crippen LogP contribution in [0.15, 0.2) is 15.8 Å². The molecule has 2 aliphatic rings. The molecule has 4 atom stereocenters. The van der Waals surface area contributed by atoms with Gasteiger partial charge in [-0.2, -0.15) is 4.39 Å². The molecule has 13 heteroatoms. The fourth-order valence-corrected chi connectivity index (χ4v) is 6.82. The zero-order valence-corrected chi connectivity index (χ0v) is 27.1. The first-order valence-corrected chi connectivity index (χ1v) is 18.3. The Morgan fingerprint density at radius 3 is 2.16 bits per heavy atom. The lowest BCUT2D eigenvalue weighted by Gasteiger charge is -2.21. The maximum absolute atomic E-state index is 13.6. The number of ether oxygens (including phenoxy) is 2. The van der Waals surface area contributed by atoms with Crippen molar-refractivity contribution in [2.45, 2.75) is 140 Å². The van der Waals surface area contributed by atoms with Crippen molar-refractivity contribution in [2.75, 3.05) is 26.4 Å². The van der Waals surface area contributed by atoms with Crippen LogP contribution in [0.4, 0.5) is 4.39 Å². The Labute approximate surface area is 260 Å². The molecule has 1 saturated carbocycles. The van der Waals surface area contributed by atoms with E-state index in [4.69, 9.17) is 18.5 Å². The Hall–Kier alpha value is -1.40. The van der Waals surface area contributed by atoms with E-state index in [9.17, 15) is 28.5 Å². The first kappa shape index (κ1) is 37.1. The molecule has 2 heterocycles. The minimum absolute atomic E-state index is 0.107. The number of nitrogens with one attached hydrogen (secondary N) is 1. The van der Waals surface area contributed by atoms with Gasteiger partial charge >= 0.3 is 13.5 Å². The van der Waals surface area contributed by atoms with E-state index < -0.39 is 49.9 Å². The molecule has 3 rings (SSSR count). The van der Waals surface area contributed by atoms with E-state index in [0.29, 0.717) is 12.8 Å². The van der Waals surface area contributed by atoms with Gasteiger partial charge in [0.25, 0.3) is 5.56 Å². The van der Waals surface area contributed by atoms with Crippen LogP contribution in [-0.2, 0) is 23.1 Å². The fraction of sp³-hybridized carbons (Fsp3) is 0.871. The third-order valence-corrected chi connectivity index (χ3v) is 9.68. The van der Waals surface area contributed by atoms with Gasteiger partial charge in [0.2, 0.25) is 5.82 Å². The van der Waals surface area contributed by atoms with Gasteiger partial charge in [0.05, 0.1) is 32.1 Å². The number of rotatable bonds is 23. The van der Waals surface area contributed by atoms with Crippen LogP contribution in [-0.4, -0.2) is 58.2 Å². The van der Waals surface area contributed by atoms with Gasteiger partial charge in [0.15, 0.2) is 0 Å². The lowest BCUT2D eigenvalue weighted by molar-refractivity contribution is -0.0474. The Balaban J connectivity index is 1.09. The standard InChI is InChI=1S/C31H54FN2O9P/c32-26-23-34(31(37)33-30(26)36)29-22-27(35)28(43-29)24-42-44(38,39)41-21-20-40-19-15-10-8-6-4-2-1-3-5-7-9-12-16-25-17-13-11-14-18-25/h23,25,27-29,35H,1-22,24H2,(H,38,39)(H,33,36,37)/t27-,28+,29+/m0/s1. The van der Waals surface area contributed by atoms with Crippen LogP contribution in [0, 0.1) is 11.7 Å². The van der Waals surface area contributed by atoms with Crippen molar-refractivity contribution in [3.63, 3.8) is 0 Å². The van der Waals surface area contributed by atoms with E-state index in [-0.39, 0.29) is 19.6 Å². The van der Waals surface area contributed by atoms with Crippen molar-refractivity contribution in [2.24, 2.45) is 5.92 Å². The van der Waals surface area contributed by atoms with Crippen molar-refractivity contribution in [3.05, 3.63) is 32.9 Å². The van der Waals surface area contributed by atoms with E-state index in [1.54, 1.807) is 0 Å². The largest absolute Gasteiger partial charge is 0.472 e. The quantitative estimate of drug-likeness (QED) is 0.0942. The summed E-state index contributed by atoms with van der Waals surface area (Å²) in [6, 6.07) is 0. The number of phosphoric acid groups is 1. The summed E-state index contributed by atoms with van der Waals surface area (Å²) >= 11 is 0. The number of hydrogen-bond donors (Lipinski definition) is 3. The van der Waals surface area contributed by atoms with Crippen LogP contribution in [0.25, 0.3) is 0 Å². The molecule has 1 aromatic heterocycles. The normalized spacial score (nSPS) is 22.4. The topological polar surface area (TPSA) is 149 Å². The Morgan fingerprint density at radius 1 is 0.886 bits per heavy atom. The summed E-state index contributed by atoms with van der Waals surface area (Å²) in [5, 5.41) is 10.2. The first-order chi connectivity index (χ1) is 21.2. The van der Waals surface area contributed by atoms with Gasteiger partial charge in [-0.1, -0.05) is 109 Å². The summed E-state index contributed by atoms with van der Waals surface area (Å²) in [5.74, 6) is -0.156. The van der Waals surface area contributed by atoms with Crippen LogP contribution in [0.1, 0.15) is 128 Å². The summed E-state index contributed by atoms with van der Waals surface area (Å²) in [7, 11) is -4.43. The molecule has 1 aromatic rings. The Bertz CT molecular complexity index is 1090. The van der Waals surface area contributed by atoms with Crippen molar-refractivity contribution in [3.8, 4) is 0 Å². The lowest BCUT2D eigenvalue weighted by atomic mass is 9.85. The Morgan fingerprint density at radius 2 is 1.50 bits per heavy atom. The molecule has 254 valence electrons. The number of aromatic nitrogens is 2. The number of phosphoric ester groups is 1. The minimum Gasteiger partial charge on any atom is -0.390 e. The van der Waals surface area contributed by atoms with Gasteiger partial charge in [0.1, 0.15) is 12.3 Å². The Kier molecular flexibility index (Phi) is 17.4. The van der Waals surface area contributed by atoms with Gasteiger partial charge < -0.3 is 19.5 Å². The molecule has 0 spiro atoms. The van der Waals surface area contributed by atoms with Crippen LogP contribution in [0.2, 0.25) is 0 Å². The van der Waals surface area contributed by atoms with Gasteiger partial charge in [-0.3, -0.25) is 23.4 Å². The van der Waals surface area contributed by atoms with Crippen molar-refractivity contribution >= 4 is 7.82 Å². The van der Waals surface area contributed by atoms with Crippen LogP contribution in [0.5, 0.6) is 0 Å². The average molecular weight is 649 g/mol. The summed E-state index contributed by atoms with van der Waals surface area (Å²) < 4.78 is 47.3. The van der Waals surface area contributed by atoms with Crippen molar-refractivity contribution < 1.29 is 37.5 Å². The third kappa shape index (κ3) is 14.4. The third-order valence-electron chi connectivity index (χ3n) is 8.70. The summed E-state index contributed by atoms with van der Waals surface area (Å²) in [6.45, 7) is 0.0546. The molecule has 44 heavy (non-hydrogen) atoms. The highest BCUT2D eigenvalue weighted by molar-refractivity contribution is 7.47. The molecular formula is C31H54FN2O9P. The number of aliphatic hydroxyl groups excluding tert-OH is 1. The average Bonchev–Trinajstić information content (AvgIpc) is 3.37. The monoisotopic (exact) mass is 648 g/mol. The van der Waals surface area contributed by atoms with Crippen molar-refractivity contribution in [1.82, 2.24) is 9.55 Å². The maximum atomic E-state index is 13.6. The van der Waals surface area contributed by atoms with Gasteiger partial charge in [-0.15, -0.1) is 0 Å². The van der Waals surface area contributed by atoms with Crippen LogP contribution >= 0.6 is 7.82 Å². The molecule has 1 saturated heterocycles. The van der Waals surface area contributed by atoms with Gasteiger partial charge in [0, 0.05) is 13.0 Å². The molecular weight excluding hydrogens is 594 g/mol. The molecule has 0 bridgehead atoms. The number of aromatic amines is 1. The SMILES string of the molecule is O=c1[nH]c(=O)n([C@H]2C[C@H](O)[C@@H](COP(=O)(O)OCCOCCCCCCCCCCCCCCC3CCCCC3)O2)cc1F. The summed E-state index contributed by atoms with van der Waals surface area (Å²) in [5.41, 5.74) is -2.07. The number of H-pyrrole nitrogens is 1. The van der Waals surface area contributed by atoms with Gasteiger partial charge in [-0.25, -0.2) is 9.36 Å². The lowest BCUT2D eigenvalue weighted by Crippen LogP contribution is -2.34. The maximum Gasteiger partial charge on any atom is 0.472 e. The molecule has 1 unspecified atom stereocenters. The molecule has 2 fully saturated rings. The second kappa shape index (κ2) is 20.7. The number of unbranched alkanes of at least 4 members (excludes halogenated alkanes) is 11. The van der Waals surface area contributed by atoms with E-state index in [1.165, 1.54) is 103 Å². The summed E-state index contributed by atoms with van der Waals surface area (Å²) in [4.78, 5) is 34.8. The highest BCUT2D eigenvalue weighted by Gasteiger charge is 2.37. The highest BCUT2D eigenvalue weighted by atomic mass is 31.2. The molecule has 0 amide bonds. The fourth-order valence-electron chi connectivity index (χ4n) is 6.11. The molecule has 3 N–H and O–H groups in total. The van der Waals surface area contributed by atoms with E-state index >= 15 is 0 Å². The van der Waals surface area contributed by atoms with Crippen LogP contribution in [0.3, 0.4) is 0 Å². The predicted molar refractivity (Wildman–Crippen MR) is 165 cm³/mol. The van der Waals surface area contributed by atoms with E-state index in [2.05, 4.69) is 0 Å². The molecule has 1 aliphatic heterocycles. The molecule has 11 nitrogen and oxygen atoms in total. The number of halogens is 1. The number of nitrogens with zero attached hydrogens (tertiary/aromatic N) is 1. The zero-order valence-electron chi connectivity index (χ0n) is 26.2. The second-order valence-corrected chi connectivity index (χ2v) is 13.8. The molecule has 1 aliphatic carbocycles.